The van der Waals surface area contributed by atoms with Gasteiger partial charge in [0.05, 0.1) is 6.61 Å². The van der Waals surface area contributed by atoms with Crippen LogP contribution in [0.3, 0.4) is 0 Å². The van der Waals surface area contributed by atoms with Gasteiger partial charge in [0.25, 0.3) is 5.91 Å². The molecule has 5 nitrogen and oxygen atoms in total. The van der Waals surface area contributed by atoms with Crippen molar-refractivity contribution in [3.63, 3.8) is 0 Å². The lowest BCUT2D eigenvalue weighted by Crippen LogP contribution is -2.51. The van der Waals surface area contributed by atoms with Crippen molar-refractivity contribution in [3.8, 4) is 16.9 Å². The van der Waals surface area contributed by atoms with Crippen LogP contribution in [-0.2, 0) is 10.3 Å². The average Bonchev–Trinajstić information content (AvgIpc) is 3.74. The minimum absolute atomic E-state index is 0.0575. The molecule has 3 aromatic carbocycles. The van der Waals surface area contributed by atoms with E-state index in [4.69, 9.17) is 4.74 Å². The molecule has 1 atom stereocenters. The van der Waals surface area contributed by atoms with Crippen molar-refractivity contribution < 1.29 is 14.6 Å². The molecule has 36 heavy (non-hydrogen) atoms. The lowest BCUT2D eigenvalue weighted by atomic mass is 9.82. The van der Waals surface area contributed by atoms with Crippen LogP contribution in [0, 0.1) is 5.92 Å². The first kappa shape index (κ1) is 24.5. The van der Waals surface area contributed by atoms with E-state index in [-0.39, 0.29) is 11.7 Å². The Balaban J connectivity index is 1.55. The maximum atomic E-state index is 12.9. The van der Waals surface area contributed by atoms with Gasteiger partial charge in [0, 0.05) is 43.9 Å². The first-order valence-electron chi connectivity index (χ1n) is 13.2. The largest absolute Gasteiger partial charge is 0.507 e. The summed E-state index contributed by atoms with van der Waals surface area (Å²) >= 11 is 0. The number of carbonyl (C=O) groups is 1. The third kappa shape index (κ3) is 4.91. The molecule has 1 amide bonds. The van der Waals surface area contributed by atoms with Gasteiger partial charge in [-0.1, -0.05) is 48.5 Å². The maximum absolute atomic E-state index is 12.9. The zero-order chi connectivity index (χ0) is 25.1. The first-order chi connectivity index (χ1) is 17.5. The smallest absolute Gasteiger partial charge is 0.253 e. The molecule has 1 saturated heterocycles. The number of benzene rings is 3. The van der Waals surface area contributed by atoms with Gasteiger partial charge in [-0.3, -0.25) is 9.69 Å². The van der Waals surface area contributed by atoms with Gasteiger partial charge in [-0.15, -0.1) is 0 Å². The number of rotatable bonds is 8. The number of carbonyl (C=O) groups excluding carboxylic acids is 1. The molecule has 1 aliphatic heterocycles. The standard InChI is InChI=1S/C31H36N2O3/c1-3-33(4-2)30(35)24-14-16-26(17-15-24)31(22-32(18-19-36-31)21-23-12-13-23)27-9-7-8-25(20-27)28-10-5-6-11-29(28)34/h5-11,14-17,20,23,34H,3-4,12-13,18-19,21-22H2,1-2H3. The van der Waals surface area contributed by atoms with E-state index >= 15 is 0 Å². The summed E-state index contributed by atoms with van der Waals surface area (Å²) in [5.74, 6) is 1.12. The van der Waals surface area contributed by atoms with Gasteiger partial charge in [-0.2, -0.15) is 0 Å². The fraction of sp³-hybridized carbons (Fsp3) is 0.387. The fourth-order valence-corrected chi connectivity index (χ4v) is 5.36. The van der Waals surface area contributed by atoms with Gasteiger partial charge in [0.1, 0.15) is 11.4 Å². The number of hydrogen-bond acceptors (Lipinski definition) is 4. The zero-order valence-corrected chi connectivity index (χ0v) is 21.3. The Hall–Kier alpha value is -3.15. The number of phenols is 1. The number of morpholine rings is 1. The summed E-state index contributed by atoms with van der Waals surface area (Å²) in [5.41, 5.74) is 3.93. The van der Waals surface area contributed by atoms with Gasteiger partial charge in [0.15, 0.2) is 0 Å². The molecule has 1 N–H and O–H groups in total. The van der Waals surface area contributed by atoms with Gasteiger partial charge in [-0.05, 0) is 73.6 Å². The van der Waals surface area contributed by atoms with Gasteiger partial charge < -0.3 is 14.7 Å². The Bertz CT molecular complexity index is 1200. The van der Waals surface area contributed by atoms with Crippen LogP contribution in [0.25, 0.3) is 11.1 Å². The molecular weight excluding hydrogens is 448 g/mol. The predicted molar refractivity (Wildman–Crippen MR) is 143 cm³/mol. The number of phenolic OH excluding ortho intramolecular Hbond substituents is 1. The van der Waals surface area contributed by atoms with Crippen LogP contribution in [0.1, 0.15) is 48.2 Å². The number of nitrogens with zero attached hydrogens (tertiary/aromatic N) is 2. The summed E-state index contributed by atoms with van der Waals surface area (Å²) in [7, 11) is 0. The Morgan fingerprint density at radius 3 is 2.44 bits per heavy atom. The average molecular weight is 485 g/mol. The van der Waals surface area contributed by atoms with E-state index in [1.165, 1.54) is 12.8 Å². The van der Waals surface area contributed by atoms with E-state index in [0.29, 0.717) is 25.3 Å². The molecule has 1 aliphatic carbocycles. The van der Waals surface area contributed by atoms with Crippen LogP contribution in [0.5, 0.6) is 5.75 Å². The summed E-state index contributed by atoms with van der Waals surface area (Å²) < 4.78 is 6.68. The van der Waals surface area contributed by atoms with E-state index in [0.717, 1.165) is 47.8 Å². The van der Waals surface area contributed by atoms with Crippen molar-refractivity contribution in [2.24, 2.45) is 5.92 Å². The third-order valence-electron chi connectivity index (χ3n) is 7.61. The molecule has 1 unspecified atom stereocenters. The van der Waals surface area contributed by atoms with Crippen LogP contribution < -0.4 is 0 Å². The second-order valence-corrected chi connectivity index (χ2v) is 10.0. The molecule has 5 rings (SSSR count). The molecule has 188 valence electrons. The highest BCUT2D eigenvalue weighted by atomic mass is 16.5. The van der Waals surface area contributed by atoms with E-state index < -0.39 is 5.60 Å². The topological polar surface area (TPSA) is 53.0 Å². The Kier molecular flexibility index (Phi) is 7.13. The van der Waals surface area contributed by atoms with Crippen LogP contribution in [0.2, 0.25) is 0 Å². The zero-order valence-electron chi connectivity index (χ0n) is 21.3. The van der Waals surface area contributed by atoms with Crippen molar-refractivity contribution in [1.29, 1.82) is 0 Å². The molecule has 1 saturated carbocycles. The Morgan fingerprint density at radius 2 is 1.75 bits per heavy atom. The monoisotopic (exact) mass is 484 g/mol. The van der Waals surface area contributed by atoms with Gasteiger partial charge in [-0.25, -0.2) is 0 Å². The van der Waals surface area contributed by atoms with E-state index in [9.17, 15) is 9.90 Å². The Labute approximate surface area is 214 Å². The molecule has 0 bridgehead atoms. The van der Waals surface area contributed by atoms with Crippen LogP contribution in [0.15, 0.2) is 72.8 Å². The number of aromatic hydroxyl groups is 1. The minimum atomic E-state index is -0.648. The van der Waals surface area contributed by atoms with Crippen LogP contribution in [-0.4, -0.2) is 60.1 Å². The fourth-order valence-electron chi connectivity index (χ4n) is 5.36. The molecule has 0 radical (unpaired) electrons. The van der Waals surface area contributed by atoms with Crippen LogP contribution >= 0.6 is 0 Å². The summed E-state index contributed by atoms with van der Waals surface area (Å²) in [4.78, 5) is 17.3. The minimum Gasteiger partial charge on any atom is -0.507 e. The number of amides is 1. The van der Waals surface area contributed by atoms with Gasteiger partial charge in [0.2, 0.25) is 0 Å². The van der Waals surface area contributed by atoms with E-state index in [1.54, 1.807) is 6.07 Å². The highest BCUT2D eigenvalue weighted by Gasteiger charge is 2.41. The normalized spacial score (nSPS) is 20.3. The predicted octanol–water partition coefficient (Wildman–Crippen LogP) is 5.53. The van der Waals surface area contributed by atoms with Crippen molar-refractivity contribution in [1.82, 2.24) is 9.80 Å². The quantitative estimate of drug-likeness (QED) is 0.457. The first-order valence-corrected chi connectivity index (χ1v) is 13.2. The molecule has 3 aromatic rings. The molecular formula is C31H36N2O3. The second kappa shape index (κ2) is 10.5. The lowest BCUT2D eigenvalue weighted by molar-refractivity contribution is -0.0892. The van der Waals surface area contributed by atoms with Crippen molar-refractivity contribution >= 4 is 5.91 Å². The second-order valence-electron chi connectivity index (χ2n) is 10.0. The number of ether oxygens (including phenoxy) is 1. The molecule has 2 fully saturated rings. The summed E-state index contributed by atoms with van der Waals surface area (Å²) in [6, 6.07) is 23.8. The molecule has 0 spiro atoms. The summed E-state index contributed by atoms with van der Waals surface area (Å²) in [5, 5.41) is 10.5. The summed E-state index contributed by atoms with van der Waals surface area (Å²) in [6.45, 7) is 8.83. The Morgan fingerprint density at radius 1 is 1.00 bits per heavy atom. The highest BCUT2D eigenvalue weighted by molar-refractivity contribution is 5.94. The molecule has 0 aromatic heterocycles. The van der Waals surface area contributed by atoms with E-state index in [2.05, 4.69) is 29.2 Å². The lowest BCUT2D eigenvalue weighted by Gasteiger charge is -2.44. The number of hydrogen-bond donors (Lipinski definition) is 1. The number of para-hydroxylation sites is 1. The molecule has 2 aliphatic rings. The maximum Gasteiger partial charge on any atom is 0.253 e. The van der Waals surface area contributed by atoms with Crippen molar-refractivity contribution in [2.75, 3.05) is 39.3 Å². The SMILES string of the molecule is CCN(CC)C(=O)c1ccc(C2(c3cccc(-c4ccccc4O)c3)CN(CC3CC3)CCO2)cc1. The van der Waals surface area contributed by atoms with Crippen molar-refractivity contribution in [2.45, 2.75) is 32.3 Å². The third-order valence-corrected chi connectivity index (χ3v) is 7.61. The summed E-state index contributed by atoms with van der Waals surface area (Å²) in [6.07, 6.45) is 2.63. The molecule has 5 heteroatoms. The highest BCUT2D eigenvalue weighted by Crippen LogP contribution is 2.41. The van der Waals surface area contributed by atoms with Crippen LogP contribution in [0.4, 0.5) is 0 Å². The molecule has 1 heterocycles. The van der Waals surface area contributed by atoms with Crippen molar-refractivity contribution in [3.05, 3.63) is 89.5 Å². The van der Waals surface area contributed by atoms with E-state index in [1.807, 2.05) is 61.2 Å². The van der Waals surface area contributed by atoms with Gasteiger partial charge >= 0.3 is 0 Å².